The second-order valence-electron chi connectivity index (χ2n) is 11.4. The second kappa shape index (κ2) is 14.3. The number of nitrogens with zero attached hydrogens (tertiary/aromatic N) is 1. The van der Waals surface area contributed by atoms with Crippen LogP contribution in [0.4, 0.5) is 5.69 Å². The Morgan fingerprint density at radius 3 is 2.21 bits per heavy atom. The first-order valence-electron chi connectivity index (χ1n) is 15.3. The van der Waals surface area contributed by atoms with Crippen molar-refractivity contribution in [3.8, 4) is 17.2 Å². The smallest absolute Gasteiger partial charge is 0.337 e. The number of carboxylic acids is 1. The van der Waals surface area contributed by atoms with Gasteiger partial charge in [-0.05, 0) is 103 Å². The minimum absolute atomic E-state index is 0.0409. The molecule has 1 saturated carbocycles. The Hall–Kier alpha value is -5.41. The zero-order valence-corrected chi connectivity index (χ0v) is 26.1. The Morgan fingerprint density at radius 2 is 1.49 bits per heavy atom. The molecule has 1 aliphatic carbocycles. The third kappa shape index (κ3) is 8.25. The molecule has 0 unspecified atom stereocenters. The Morgan fingerprint density at radius 1 is 0.809 bits per heavy atom. The molecule has 1 aliphatic rings. The first-order chi connectivity index (χ1) is 22.8. The van der Waals surface area contributed by atoms with Crippen molar-refractivity contribution < 1.29 is 29.0 Å². The quantitative estimate of drug-likeness (QED) is 0.132. The van der Waals surface area contributed by atoms with E-state index in [1.165, 1.54) is 12.3 Å². The molecule has 3 N–H and O–H groups in total. The van der Waals surface area contributed by atoms with Crippen molar-refractivity contribution in [2.45, 2.75) is 44.2 Å². The van der Waals surface area contributed by atoms with E-state index in [4.69, 9.17) is 21.1 Å². The molecule has 1 aromatic heterocycles. The SMILES string of the molecule is O=C(Cc1ccc(Oc2ccc3cc(OC4CCC(NC(=O)c5ccnc(Cl)c5)CC4)ccc3c2)cc1)Nc1ccccc1C(=O)O. The molecular weight excluding hydrogens is 618 g/mol. The average molecular weight is 650 g/mol. The van der Waals surface area contributed by atoms with E-state index in [1.54, 1.807) is 54.6 Å². The molecule has 10 heteroatoms. The Balaban J connectivity index is 0.992. The molecule has 0 bridgehead atoms. The van der Waals surface area contributed by atoms with E-state index in [1.807, 2.05) is 36.4 Å². The van der Waals surface area contributed by atoms with Gasteiger partial charge in [-0.2, -0.15) is 0 Å². The highest BCUT2D eigenvalue weighted by Crippen LogP contribution is 2.30. The molecular formula is C37H32ClN3O6. The lowest BCUT2D eigenvalue weighted by Gasteiger charge is -2.29. The number of benzene rings is 4. The van der Waals surface area contributed by atoms with Gasteiger partial charge in [-0.1, -0.05) is 48.0 Å². The number of aromatic nitrogens is 1. The van der Waals surface area contributed by atoms with Crippen molar-refractivity contribution in [3.05, 3.63) is 125 Å². The van der Waals surface area contributed by atoms with Crippen LogP contribution in [-0.4, -0.2) is 40.0 Å². The highest BCUT2D eigenvalue weighted by atomic mass is 35.5. The van der Waals surface area contributed by atoms with Crippen LogP contribution >= 0.6 is 11.6 Å². The van der Waals surface area contributed by atoms with Crippen LogP contribution in [0.5, 0.6) is 17.2 Å². The third-order valence-corrected chi connectivity index (χ3v) is 8.25. The molecule has 2 amide bonds. The minimum Gasteiger partial charge on any atom is -0.490 e. The molecule has 1 heterocycles. The number of carboxylic acid groups (broad SMARTS) is 1. The number of para-hydroxylation sites is 1. The number of ether oxygens (including phenoxy) is 2. The van der Waals surface area contributed by atoms with Gasteiger partial charge >= 0.3 is 5.97 Å². The number of rotatable bonds is 10. The predicted molar refractivity (Wildman–Crippen MR) is 180 cm³/mol. The van der Waals surface area contributed by atoms with Gasteiger partial charge in [0.15, 0.2) is 0 Å². The van der Waals surface area contributed by atoms with Crippen molar-refractivity contribution in [1.82, 2.24) is 10.3 Å². The minimum atomic E-state index is -1.10. The number of hydrogen-bond donors (Lipinski definition) is 3. The van der Waals surface area contributed by atoms with Crippen molar-refractivity contribution in [1.29, 1.82) is 0 Å². The zero-order valence-electron chi connectivity index (χ0n) is 25.3. The zero-order chi connectivity index (χ0) is 32.8. The largest absolute Gasteiger partial charge is 0.490 e. The lowest BCUT2D eigenvalue weighted by Crippen LogP contribution is -2.39. The van der Waals surface area contributed by atoms with E-state index in [0.29, 0.717) is 22.2 Å². The van der Waals surface area contributed by atoms with Crippen molar-refractivity contribution in [3.63, 3.8) is 0 Å². The molecule has 0 aliphatic heterocycles. The van der Waals surface area contributed by atoms with Gasteiger partial charge in [0, 0.05) is 17.8 Å². The first kappa shape index (κ1) is 31.6. The Kier molecular flexibility index (Phi) is 9.64. The van der Waals surface area contributed by atoms with E-state index in [-0.39, 0.29) is 41.6 Å². The summed E-state index contributed by atoms with van der Waals surface area (Å²) >= 11 is 5.91. The molecule has 1 fully saturated rings. The summed E-state index contributed by atoms with van der Waals surface area (Å²) < 4.78 is 12.4. The van der Waals surface area contributed by atoms with Crippen molar-refractivity contribution >= 4 is 45.8 Å². The van der Waals surface area contributed by atoms with E-state index in [0.717, 1.165) is 47.8 Å². The molecule has 5 aromatic rings. The number of fused-ring (bicyclic) bond motifs is 1. The van der Waals surface area contributed by atoms with Crippen molar-refractivity contribution in [2.24, 2.45) is 0 Å². The highest BCUT2D eigenvalue weighted by molar-refractivity contribution is 6.29. The van der Waals surface area contributed by atoms with Gasteiger partial charge in [-0.15, -0.1) is 0 Å². The van der Waals surface area contributed by atoms with Gasteiger partial charge in [-0.3, -0.25) is 9.59 Å². The van der Waals surface area contributed by atoms with E-state index in [9.17, 15) is 19.5 Å². The Bertz CT molecular complexity index is 1920. The summed E-state index contributed by atoms with van der Waals surface area (Å²) in [4.78, 5) is 40.4. The second-order valence-corrected chi connectivity index (χ2v) is 11.8. The van der Waals surface area contributed by atoms with Gasteiger partial charge < -0.3 is 25.2 Å². The number of carbonyl (C=O) groups is 3. The van der Waals surface area contributed by atoms with Gasteiger partial charge in [0.1, 0.15) is 22.4 Å². The summed E-state index contributed by atoms with van der Waals surface area (Å²) in [5.41, 5.74) is 1.58. The van der Waals surface area contributed by atoms with Crippen LogP contribution in [0, 0.1) is 0 Å². The fourth-order valence-corrected chi connectivity index (χ4v) is 5.81. The van der Waals surface area contributed by atoms with Crippen LogP contribution in [0.25, 0.3) is 10.8 Å². The summed E-state index contributed by atoms with van der Waals surface area (Å²) in [6, 6.07) is 28.7. The number of pyridine rings is 1. The number of aromatic carboxylic acids is 1. The standard InChI is InChI=1S/C37H32ClN3O6/c38-34-22-26(17-18-39-34)36(43)40-27-9-15-29(16-10-27)47-31-14-8-24-20-30(13-7-25(24)21-31)46-28-11-5-23(6-12-28)19-35(42)41-33-4-2-1-3-32(33)37(44)45/h1-8,11-14,17-18,20-22,27,29H,9-10,15-16,19H2,(H,40,43)(H,41,42)(H,44,45). The number of nitrogens with one attached hydrogen (secondary N) is 2. The van der Waals surface area contributed by atoms with Crippen LogP contribution in [0.3, 0.4) is 0 Å². The number of carbonyl (C=O) groups excluding carboxylic acids is 2. The molecule has 0 spiro atoms. The van der Waals surface area contributed by atoms with E-state index < -0.39 is 5.97 Å². The normalized spacial score (nSPS) is 15.9. The molecule has 9 nitrogen and oxygen atoms in total. The molecule has 238 valence electrons. The lowest BCUT2D eigenvalue weighted by atomic mass is 9.92. The third-order valence-electron chi connectivity index (χ3n) is 8.04. The van der Waals surface area contributed by atoms with E-state index >= 15 is 0 Å². The summed E-state index contributed by atoms with van der Waals surface area (Å²) in [5.74, 6) is 0.552. The summed E-state index contributed by atoms with van der Waals surface area (Å²) in [6.07, 6.45) is 5.05. The van der Waals surface area contributed by atoms with Crippen LogP contribution in [-0.2, 0) is 11.2 Å². The lowest BCUT2D eigenvalue weighted by molar-refractivity contribution is -0.115. The van der Waals surface area contributed by atoms with Gasteiger partial charge in [-0.25, -0.2) is 9.78 Å². The molecule has 0 atom stereocenters. The monoisotopic (exact) mass is 649 g/mol. The topological polar surface area (TPSA) is 127 Å². The molecule has 6 rings (SSSR count). The number of amides is 2. The number of anilines is 1. The summed E-state index contributed by atoms with van der Waals surface area (Å²) in [5, 5.41) is 17.4. The highest BCUT2D eigenvalue weighted by Gasteiger charge is 2.24. The van der Waals surface area contributed by atoms with Crippen LogP contribution in [0.1, 0.15) is 52.0 Å². The Labute approximate surface area is 276 Å². The molecule has 0 saturated heterocycles. The molecule has 47 heavy (non-hydrogen) atoms. The van der Waals surface area contributed by atoms with Crippen LogP contribution < -0.4 is 20.1 Å². The molecule has 4 aromatic carbocycles. The van der Waals surface area contributed by atoms with Crippen molar-refractivity contribution in [2.75, 3.05) is 5.32 Å². The first-order valence-corrected chi connectivity index (χ1v) is 15.7. The van der Waals surface area contributed by atoms with Gasteiger partial charge in [0.05, 0.1) is 23.8 Å². The van der Waals surface area contributed by atoms with E-state index in [2.05, 4.69) is 15.6 Å². The predicted octanol–water partition coefficient (Wildman–Crippen LogP) is 7.68. The maximum absolute atomic E-state index is 12.5. The maximum atomic E-state index is 12.5. The van der Waals surface area contributed by atoms with Gasteiger partial charge in [0.2, 0.25) is 5.91 Å². The molecule has 0 radical (unpaired) electrons. The number of halogens is 1. The average Bonchev–Trinajstić information content (AvgIpc) is 3.07. The summed E-state index contributed by atoms with van der Waals surface area (Å²) in [7, 11) is 0. The fourth-order valence-electron chi connectivity index (χ4n) is 5.64. The number of hydrogen-bond acceptors (Lipinski definition) is 6. The summed E-state index contributed by atoms with van der Waals surface area (Å²) in [6.45, 7) is 0. The van der Waals surface area contributed by atoms with Crippen LogP contribution in [0.2, 0.25) is 5.15 Å². The van der Waals surface area contributed by atoms with Crippen LogP contribution in [0.15, 0.2) is 103 Å². The fraction of sp³-hybridized carbons (Fsp3) is 0.189. The van der Waals surface area contributed by atoms with Gasteiger partial charge in [0.25, 0.3) is 5.91 Å². The maximum Gasteiger partial charge on any atom is 0.337 e.